The van der Waals surface area contributed by atoms with Gasteiger partial charge in [0, 0.05) is 24.2 Å². The zero-order valence-corrected chi connectivity index (χ0v) is 22.9. The molecule has 5 aliphatic rings. The first-order valence-corrected chi connectivity index (χ1v) is 14.0. The normalized spacial score (nSPS) is 52.8. The van der Waals surface area contributed by atoms with Crippen LogP contribution in [0.15, 0.2) is 0 Å². The van der Waals surface area contributed by atoms with Gasteiger partial charge < -0.3 is 9.84 Å². The predicted octanol–water partition coefficient (Wildman–Crippen LogP) is 6.13. The van der Waals surface area contributed by atoms with Crippen LogP contribution in [0.4, 0.5) is 0 Å². The van der Waals surface area contributed by atoms with Gasteiger partial charge in [-0.2, -0.15) is 0 Å². The lowest BCUT2D eigenvalue weighted by Gasteiger charge is -2.68. The van der Waals surface area contributed by atoms with Gasteiger partial charge in [0.25, 0.3) is 0 Å². The minimum absolute atomic E-state index is 0.0336. The summed E-state index contributed by atoms with van der Waals surface area (Å²) in [4.78, 5) is 27.1. The molecule has 0 spiro atoms. The Morgan fingerprint density at radius 3 is 2.12 bits per heavy atom. The molecule has 3 unspecified atom stereocenters. The molecule has 0 aromatic rings. The number of ether oxygens (including phenoxy) is 1. The highest BCUT2D eigenvalue weighted by Crippen LogP contribution is 2.75. The Kier molecular flexibility index (Phi) is 5.27. The third-order valence-corrected chi connectivity index (χ3v) is 12.7. The largest absolute Gasteiger partial charge is 0.388 e. The quantitative estimate of drug-likeness (QED) is 0.525. The molecule has 9 atom stereocenters. The molecule has 0 radical (unpaired) electrons. The van der Waals surface area contributed by atoms with E-state index in [9.17, 15) is 14.7 Å². The van der Waals surface area contributed by atoms with Gasteiger partial charge in [-0.25, -0.2) is 0 Å². The Morgan fingerprint density at radius 2 is 1.50 bits per heavy atom. The number of aliphatic hydroxyl groups is 1. The van der Waals surface area contributed by atoms with Gasteiger partial charge in [-0.1, -0.05) is 34.6 Å². The Labute approximate surface area is 207 Å². The van der Waals surface area contributed by atoms with Crippen molar-refractivity contribution < 1.29 is 19.4 Å². The highest BCUT2D eigenvalue weighted by Gasteiger charge is 2.72. The molecule has 0 amide bonds. The Bertz CT molecular complexity index is 900. The van der Waals surface area contributed by atoms with E-state index in [2.05, 4.69) is 41.5 Å². The maximum atomic E-state index is 14.2. The fourth-order valence-corrected chi connectivity index (χ4v) is 10.6. The summed E-state index contributed by atoms with van der Waals surface area (Å²) in [7, 11) is 0. The first-order valence-electron chi connectivity index (χ1n) is 14.0. The second-order valence-corrected chi connectivity index (χ2v) is 15.0. The summed E-state index contributed by atoms with van der Waals surface area (Å²) in [6.07, 6.45) is 8.21. The fraction of sp³-hybridized carbons (Fsp3) is 0.933. The number of Topliss-reactive ketones (excluding diaryl/α,β-unsaturated/α-hetero) is 2. The van der Waals surface area contributed by atoms with Crippen LogP contribution in [-0.4, -0.2) is 34.0 Å². The van der Waals surface area contributed by atoms with Crippen LogP contribution in [0.1, 0.15) is 113 Å². The second kappa shape index (κ2) is 7.18. The Morgan fingerprint density at radius 1 is 0.853 bits per heavy atom. The molecule has 1 aliphatic heterocycles. The van der Waals surface area contributed by atoms with E-state index in [1.54, 1.807) is 0 Å². The van der Waals surface area contributed by atoms with Gasteiger partial charge in [0.15, 0.2) is 0 Å². The molecule has 0 aromatic carbocycles. The monoisotopic (exact) mass is 472 g/mol. The van der Waals surface area contributed by atoms with Crippen LogP contribution in [0, 0.1) is 45.3 Å². The summed E-state index contributed by atoms with van der Waals surface area (Å²) in [5.41, 5.74) is -1.45. The molecule has 1 N–H and O–H groups in total. The Balaban J connectivity index is 1.49. The molecule has 4 saturated carbocycles. The van der Waals surface area contributed by atoms with E-state index in [-0.39, 0.29) is 39.3 Å². The molecule has 0 aromatic heterocycles. The number of rotatable bonds is 2. The molecule has 34 heavy (non-hydrogen) atoms. The summed E-state index contributed by atoms with van der Waals surface area (Å²) in [5, 5.41) is 10.6. The highest BCUT2D eigenvalue weighted by atomic mass is 16.5. The summed E-state index contributed by atoms with van der Waals surface area (Å²) in [6.45, 7) is 17.5. The van der Waals surface area contributed by atoms with E-state index in [1.807, 2.05) is 13.8 Å². The molecule has 4 aliphatic carbocycles. The van der Waals surface area contributed by atoms with E-state index >= 15 is 0 Å². The second-order valence-electron chi connectivity index (χ2n) is 15.0. The summed E-state index contributed by atoms with van der Waals surface area (Å²) in [5.74, 6) is 1.89. The van der Waals surface area contributed by atoms with Crippen LogP contribution in [-0.2, 0) is 14.3 Å². The van der Waals surface area contributed by atoms with Crippen molar-refractivity contribution >= 4 is 11.6 Å². The van der Waals surface area contributed by atoms with Gasteiger partial charge in [0.1, 0.15) is 11.6 Å². The van der Waals surface area contributed by atoms with Crippen molar-refractivity contribution in [2.75, 3.05) is 0 Å². The van der Waals surface area contributed by atoms with Crippen molar-refractivity contribution in [3.8, 4) is 0 Å². The summed E-state index contributed by atoms with van der Waals surface area (Å²) >= 11 is 0. The van der Waals surface area contributed by atoms with Crippen LogP contribution in [0.25, 0.3) is 0 Å². The van der Waals surface area contributed by atoms with Crippen molar-refractivity contribution in [1.82, 2.24) is 0 Å². The molecule has 5 rings (SSSR count). The van der Waals surface area contributed by atoms with Crippen LogP contribution < -0.4 is 0 Å². The SMILES string of the molecule is CC1(C)C(=O)CC[C@@]2(C)C1CC[C@]1(C)C2C(=O)CC2[C@@H]([C@@]3(C)CC[C@@H](C(C)(C)O)O3)CC[C@]21C. The minimum Gasteiger partial charge on any atom is -0.388 e. The number of carbonyl (C=O) groups is 2. The van der Waals surface area contributed by atoms with E-state index < -0.39 is 5.60 Å². The van der Waals surface area contributed by atoms with Crippen molar-refractivity contribution in [1.29, 1.82) is 0 Å². The minimum atomic E-state index is -0.836. The zero-order chi connectivity index (χ0) is 25.1. The van der Waals surface area contributed by atoms with E-state index in [0.717, 1.165) is 44.9 Å². The predicted molar refractivity (Wildman–Crippen MR) is 133 cm³/mol. The molecule has 4 heteroatoms. The van der Waals surface area contributed by atoms with Gasteiger partial charge >= 0.3 is 0 Å². The molecule has 1 saturated heterocycles. The highest BCUT2D eigenvalue weighted by molar-refractivity contribution is 5.88. The molecule has 0 bridgehead atoms. The summed E-state index contributed by atoms with van der Waals surface area (Å²) < 4.78 is 6.64. The molecule has 5 fully saturated rings. The van der Waals surface area contributed by atoms with Crippen LogP contribution in [0.3, 0.4) is 0 Å². The average Bonchev–Trinajstić information content (AvgIpc) is 3.27. The standard InChI is InChI=1S/C30H48O4/c1-25(2)21-10-15-29(7)24(27(21,5)13-11-22(25)32)20(31)17-19-18(9-14-28(19,29)6)30(8)16-12-23(34-30)26(3,4)33/h18-19,21,23-24,33H,9-17H2,1-8H3/t18-,19?,21?,23-,24?,27-,28+,29+,30+/m0/s1. The van der Waals surface area contributed by atoms with Gasteiger partial charge in [-0.05, 0) is 99.7 Å². The number of hydrogen-bond donors (Lipinski definition) is 1. The number of carbonyl (C=O) groups excluding carboxylic acids is 2. The summed E-state index contributed by atoms with van der Waals surface area (Å²) in [6, 6.07) is 0. The number of fused-ring (bicyclic) bond motifs is 5. The maximum absolute atomic E-state index is 14.2. The number of ketones is 2. The first kappa shape index (κ1) is 24.9. The van der Waals surface area contributed by atoms with Crippen LogP contribution >= 0.6 is 0 Å². The molecule has 192 valence electrons. The van der Waals surface area contributed by atoms with E-state index in [1.165, 1.54) is 0 Å². The van der Waals surface area contributed by atoms with Crippen molar-refractivity contribution in [2.24, 2.45) is 45.3 Å². The first-order chi connectivity index (χ1) is 15.5. The van der Waals surface area contributed by atoms with Gasteiger partial charge in [-0.15, -0.1) is 0 Å². The molecular weight excluding hydrogens is 424 g/mol. The lowest BCUT2D eigenvalue weighted by molar-refractivity contribution is -0.207. The van der Waals surface area contributed by atoms with Gasteiger partial charge in [-0.3, -0.25) is 9.59 Å². The van der Waals surface area contributed by atoms with E-state index in [0.29, 0.717) is 42.2 Å². The van der Waals surface area contributed by atoms with Crippen molar-refractivity contribution in [2.45, 2.75) is 130 Å². The number of hydrogen-bond acceptors (Lipinski definition) is 4. The topological polar surface area (TPSA) is 63.6 Å². The van der Waals surface area contributed by atoms with Gasteiger partial charge in [0.05, 0.1) is 17.3 Å². The third-order valence-electron chi connectivity index (χ3n) is 12.7. The maximum Gasteiger partial charge on any atom is 0.138 e. The van der Waals surface area contributed by atoms with Gasteiger partial charge in [0.2, 0.25) is 0 Å². The van der Waals surface area contributed by atoms with Crippen LogP contribution in [0.2, 0.25) is 0 Å². The fourth-order valence-electron chi connectivity index (χ4n) is 10.6. The van der Waals surface area contributed by atoms with Crippen molar-refractivity contribution in [3.63, 3.8) is 0 Å². The molecule has 4 nitrogen and oxygen atoms in total. The zero-order valence-electron chi connectivity index (χ0n) is 22.9. The average molecular weight is 473 g/mol. The lowest BCUT2D eigenvalue weighted by atomic mass is 9.35. The van der Waals surface area contributed by atoms with Crippen molar-refractivity contribution in [3.05, 3.63) is 0 Å². The molecule has 1 heterocycles. The smallest absolute Gasteiger partial charge is 0.138 e. The lowest BCUT2D eigenvalue weighted by Crippen LogP contribution is -2.66. The Hall–Kier alpha value is -0.740. The van der Waals surface area contributed by atoms with Crippen LogP contribution in [0.5, 0.6) is 0 Å². The van der Waals surface area contributed by atoms with E-state index in [4.69, 9.17) is 4.74 Å². The third kappa shape index (κ3) is 3.03. The molecular formula is C30H48O4.